The van der Waals surface area contributed by atoms with Gasteiger partial charge < -0.3 is 19.4 Å². The van der Waals surface area contributed by atoms with Crippen LogP contribution in [0.15, 0.2) is 30.3 Å². The number of esters is 1. The van der Waals surface area contributed by atoms with Crippen LogP contribution in [0.2, 0.25) is 0 Å². The van der Waals surface area contributed by atoms with E-state index in [0.29, 0.717) is 31.6 Å². The van der Waals surface area contributed by atoms with Crippen LogP contribution in [-0.2, 0) is 53.6 Å². The fourth-order valence-electron chi connectivity index (χ4n) is 5.12. The molecule has 5 heteroatoms. The second kappa shape index (κ2) is 18.0. The number of aryl methyl sites for hydroxylation is 2. The molecular formula is C41H66O5. The maximum Gasteiger partial charge on any atom is 0.306 e. The standard InChI is InChI=1S/C24H40O4.C17H26O/c1-23(2,3)19-16-18(17-20(22(19)26)24(4,5)6)12-13-21(25)28-15-11-9-8-10-14-27-7;1-16(2,3)14-10-13(8-7-9-18)11-15(12-14)17(4,5)6/h16-17,26H,8-15H2,1-7H3;9-12H,7-8H2,1-6H3. The van der Waals surface area contributed by atoms with Crippen LogP contribution in [0.1, 0.15) is 155 Å². The van der Waals surface area contributed by atoms with Crippen LogP contribution >= 0.6 is 0 Å². The van der Waals surface area contributed by atoms with Crippen LogP contribution in [-0.4, -0.2) is 37.7 Å². The van der Waals surface area contributed by atoms with E-state index in [0.717, 1.165) is 61.7 Å². The Hall–Kier alpha value is -2.66. The molecule has 2 aromatic rings. The van der Waals surface area contributed by atoms with E-state index in [2.05, 4.69) is 101 Å². The van der Waals surface area contributed by atoms with E-state index >= 15 is 0 Å². The number of unbranched alkanes of at least 4 members (excludes halogenated alkanes) is 3. The Morgan fingerprint density at radius 3 is 1.52 bits per heavy atom. The summed E-state index contributed by atoms with van der Waals surface area (Å²) in [5.74, 6) is 0.222. The molecule has 5 nitrogen and oxygen atoms in total. The van der Waals surface area contributed by atoms with Crippen LogP contribution in [0.4, 0.5) is 0 Å². The molecule has 0 aromatic heterocycles. The topological polar surface area (TPSA) is 72.8 Å². The van der Waals surface area contributed by atoms with Gasteiger partial charge in [0.1, 0.15) is 12.0 Å². The lowest BCUT2D eigenvalue weighted by Gasteiger charge is -2.28. The molecule has 2 aromatic carbocycles. The molecule has 0 aliphatic heterocycles. The molecule has 0 spiro atoms. The van der Waals surface area contributed by atoms with Gasteiger partial charge in [0.2, 0.25) is 0 Å². The third-order valence-corrected chi connectivity index (χ3v) is 8.19. The summed E-state index contributed by atoms with van der Waals surface area (Å²) in [6.45, 7) is 27.3. The number of phenolic OH excluding ortho intramolecular Hbond substituents is 1. The molecule has 0 aliphatic rings. The van der Waals surface area contributed by atoms with Crippen molar-refractivity contribution < 1.29 is 24.2 Å². The summed E-state index contributed by atoms with van der Waals surface area (Å²) >= 11 is 0. The third kappa shape index (κ3) is 14.8. The van der Waals surface area contributed by atoms with Gasteiger partial charge in [-0.15, -0.1) is 0 Å². The Balaban J connectivity index is 0.000000506. The molecular weight excluding hydrogens is 572 g/mol. The van der Waals surface area contributed by atoms with Gasteiger partial charge in [0.25, 0.3) is 0 Å². The average Bonchev–Trinajstić information content (AvgIpc) is 2.93. The van der Waals surface area contributed by atoms with Gasteiger partial charge in [-0.25, -0.2) is 0 Å². The third-order valence-electron chi connectivity index (χ3n) is 8.19. The smallest absolute Gasteiger partial charge is 0.306 e. The van der Waals surface area contributed by atoms with E-state index in [1.807, 2.05) is 12.1 Å². The van der Waals surface area contributed by atoms with Crippen LogP contribution < -0.4 is 0 Å². The quantitative estimate of drug-likeness (QED) is 0.134. The van der Waals surface area contributed by atoms with Crippen molar-refractivity contribution in [1.82, 2.24) is 0 Å². The van der Waals surface area contributed by atoms with E-state index in [1.54, 1.807) is 7.11 Å². The number of carbonyl (C=O) groups excluding carboxylic acids is 2. The highest BCUT2D eigenvalue weighted by Crippen LogP contribution is 2.40. The molecule has 0 amide bonds. The van der Waals surface area contributed by atoms with Crippen molar-refractivity contribution in [2.75, 3.05) is 20.3 Å². The summed E-state index contributed by atoms with van der Waals surface area (Å²) < 4.78 is 10.4. The summed E-state index contributed by atoms with van der Waals surface area (Å²) in [7, 11) is 1.71. The molecule has 1 N–H and O–H groups in total. The van der Waals surface area contributed by atoms with Crippen molar-refractivity contribution in [2.45, 2.75) is 156 Å². The van der Waals surface area contributed by atoms with E-state index in [-0.39, 0.29) is 27.6 Å². The van der Waals surface area contributed by atoms with Crippen molar-refractivity contribution in [1.29, 1.82) is 0 Å². The largest absolute Gasteiger partial charge is 0.507 e. The Bertz CT molecular complexity index is 1160. The second-order valence-electron chi connectivity index (χ2n) is 16.8. The number of aromatic hydroxyl groups is 1. The number of methoxy groups -OCH3 is 1. The fourth-order valence-corrected chi connectivity index (χ4v) is 5.12. The summed E-state index contributed by atoms with van der Waals surface area (Å²) in [6, 6.07) is 10.9. The van der Waals surface area contributed by atoms with Crippen LogP contribution in [0.3, 0.4) is 0 Å². The number of benzene rings is 2. The molecule has 260 valence electrons. The highest BCUT2D eigenvalue weighted by atomic mass is 16.5. The summed E-state index contributed by atoms with van der Waals surface area (Å²) in [5, 5.41) is 10.8. The molecule has 0 bridgehead atoms. The Morgan fingerprint density at radius 2 is 1.11 bits per heavy atom. The Morgan fingerprint density at radius 1 is 0.652 bits per heavy atom. The van der Waals surface area contributed by atoms with Crippen LogP contribution in [0.5, 0.6) is 5.75 Å². The first kappa shape index (κ1) is 41.4. The molecule has 0 unspecified atom stereocenters. The van der Waals surface area contributed by atoms with Crippen LogP contribution in [0, 0.1) is 0 Å². The van der Waals surface area contributed by atoms with Crippen molar-refractivity contribution in [3.8, 4) is 5.75 Å². The van der Waals surface area contributed by atoms with Gasteiger partial charge in [-0.05, 0) is 87.1 Å². The monoisotopic (exact) mass is 638 g/mol. The lowest BCUT2D eigenvalue weighted by molar-refractivity contribution is -0.143. The number of rotatable bonds is 13. The predicted octanol–water partition coefficient (Wildman–Crippen LogP) is 10.1. The number of ether oxygens (including phenoxy) is 2. The molecule has 0 fully saturated rings. The maximum atomic E-state index is 12.1. The summed E-state index contributed by atoms with van der Waals surface area (Å²) in [5.41, 5.74) is 6.90. The first-order chi connectivity index (χ1) is 21.1. The first-order valence-electron chi connectivity index (χ1n) is 17.2. The zero-order chi connectivity index (χ0) is 35.3. The van der Waals surface area contributed by atoms with Gasteiger partial charge in [-0.1, -0.05) is 120 Å². The normalized spacial score (nSPS) is 12.4. The first-order valence-corrected chi connectivity index (χ1v) is 17.2. The molecule has 0 heterocycles. The lowest BCUT2D eigenvalue weighted by Crippen LogP contribution is -2.18. The number of phenols is 1. The Labute approximate surface area is 281 Å². The van der Waals surface area contributed by atoms with E-state index in [1.165, 1.54) is 16.7 Å². The molecule has 0 saturated carbocycles. The van der Waals surface area contributed by atoms with Crippen molar-refractivity contribution in [3.05, 3.63) is 63.7 Å². The van der Waals surface area contributed by atoms with Crippen molar-refractivity contribution >= 4 is 12.3 Å². The summed E-state index contributed by atoms with van der Waals surface area (Å²) in [4.78, 5) is 22.6. The predicted molar refractivity (Wildman–Crippen MR) is 193 cm³/mol. The molecule has 0 saturated heterocycles. The zero-order valence-corrected chi connectivity index (χ0v) is 31.6. The molecule has 0 radical (unpaired) electrons. The number of aldehydes is 1. The molecule has 2 rings (SSSR count). The zero-order valence-electron chi connectivity index (χ0n) is 31.6. The van der Waals surface area contributed by atoms with E-state index in [4.69, 9.17) is 9.47 Å². The number of carbonyl (C=O) groups is 2. The van der Waals surface area contributed by atoms with Crippen LogP contribution in [0.25, 0.3) is 0 Å². The van der Waals surface area contributed by atoms with E-state index in [9.17, 15) is 14.7 Å². The minimum absolute atomic E-state index is 0.150. The molecule has 46 heavy (non-hydrogen) atoms. The average molecular weight is 639 g/mol. The van der Waals surface area contributed by atoms with Gasteiger partial charge in [0.05, 0.1) is 6.61 Å². The van der Waals surface area contributed by atoms with Gasteiger partial charge in [0, 0.05) is 26.6 Å². The molecule has 0 aliphatic carbocycles. The summed E-state index contributed by atoms with van der Waals surface area (Å²) in [6.07, 6.45) is 7.55. The van der Waals surface area contributed by atoms with E-state index < -0.39 is 0 Å². The minimum Gasteiger partial charge on any atom is -0.507 e. The highest BCUT2D eigenvalue weighted by molar-refractivity contribution is 5.69. The minimum atomic E-state index is -0.163. The highest BCUT2D eigenvalue weighted by Gasteiger charge is 2.26. The lowest BCUT2D eigenvalue weighted by atomic mass is 9.78. The maximum absolute atomic E-state index is 12.1. The van der Waals surface area contributed by atoms with Crippen molar-refractivity contribution in [2.24, 2.45) is 0 Å². The van der Waals surface area contributed by atoms with Gasteiger partial charge in [0.15, 0.2) is 0 Å². The number of hydrogen-bond donors (Lipinski definition) is 1. The fraction of sp³-hybridized carbons (Fsp3) is 0.659. The van der Waals surface area contributed by atoms with Gasteiger partial charge in [-0.2, -0.15) is 0 Å². The van der Waals surface area contributed by atoms with Crippen molar-refractivity contribution in [3.63, 3.8) is 0 Å². The number of hydrogen-bond acceptors (Lipinski definition) is 5. The Kier molecular flexibility index (Phi) is 16.2. The second-order valence-corrected chi connectivity index (χ2v) is 16.8. The molecule has 0 atom stereocenters. The van der Waals surface area contributed by atoms with Gasteiger partial charge in [-0.3, -0.25) is 4.79 Å². The SMILES string of the molecule is CC(C)(C)c1cc(CCC=O)cc(C(C)(C)C)c1.COCCCCCCOC(=O)CCc1cc(C(C)(C)C)c(O)c(C(C)(C)C)c1. The van der Waals surface area contributed by atoms with Gasteiger partial charge >= 0.3 is 5.97 Å².